The molecular weight excluding hydrogens is 693 g/mol. The zero-order valence-corrected chi connectivity index (χ0v) is 30.5. The molecule has 4 aromatic heterocycles. The van der Waals surface area contributed by atoms with Gasteiger partial charge in [0.1, 0.15) is 41.6 Å². The third-order valence-electron chi connectivity index (χ3n) is 7.96. The van der Waals surface area contributed by atoms with Crippen molar-refractivity contribution in [3.63, 3.8) is 0 Å². The van der Waals surface area contributed by atoms with Crippen LogP contribution in [0.3, 0.4) is 0 Å². The highest BCUT2D eigenvalue weighted by molar-refractivity contribution is 7.15. The fraction of sp³-hybridized carbons (Fsp3) is 0.600. The first kappa shape index (κ1) is 35.8. The highest BCUT2D eigenvalue weighted by Crippen LogP contribution is 2.44. The zero-order chi connectivity index (χ0) is 34.2. The Kier molecular flexibility index (Phi) is 12.5. The summed E-state index contributed by atoms with van der Waals surface area (Å²) < 4.78 is 0. The summed E-state index contributed by atoms with van der Waals surface area (Å²) in [5, 5.41) is 45.5. The number of aromatic nitrogens is 8. The highest BCUT2D eigenvalue weighted by atomic mass is 32.1. The molecule has 4 atom stereocenters. The van der Waals surface area contributed by atoms with Gasteiger partial charge < -0.3 is 10.6 Å². The lowest BCUT2D eigenvalue weighted by molar-refractivity contribution is -0.117. The average Bonchev–Trinajstić information content (AvgIpc) is 3.85. The number of carbonyl (C=O) groups is 4. The Labute approximate surface area is 294 Å². The molecule has 0 aliphatic heterocycles. The van der Waals surface area contributed by atoms with Gasteiger partial charge in [0, 0.05) is 37.5 Å². The second-order valence-electron chi connectivity index (χ2n) is 12.2. The first-order valence-corrected chi connectivity index (χ1v) is 19.1. The van der Waals surface area contributed by atoms with Gasteiger partial charge >= 0.3 is 0 Å². The summed E-state index contributed by atoms with van der Waals surface area (Å²) in [4.78, 5) is 44.6. The molecule has 0 bridgehead atoms. The maximum absolute atomic E-state index is 11.2. The van der Waals surface area contributed by atoms with Gasteiger partial charge in [0.2, 0.25) is 22.1 Å². The summed E-state index contributed by atoms with van der Waals surface area (Å²) in [6.07, 6.45) is 9.18. The predicted molar refractivity (Wildman–Crippen MR) is 185 cm³/mol. The Bertz CT molecular complexity index is 1490. The number of anilines is 2. The summed E-state index contributed by atoms with van der Waals surface area (Å²) in [5.41, 5.74) is 0. The topological polar surface area (TPSA) is 195 Å². The van der Waals surface area contributed by atoms with Crippen molar-refractivity contribution < 1.29 is 19.2 Å². The molecular formula is C30H38N10O4S4. The lowest BCUT2D eigenvalue weighted by Crippen LogP contribution is -2.12. The van der Waals surface area contributed by atoms with Gasteiger partial charge in [-0.2, -0.15) is 0 Å². The molecule has 2 aliphatic rings. The van der Waals surface area contributed by atoms with Crippen molar-refractivity contribution in [2.24, 2.45) is 0 Å². The van der Waals surface area contributed by atoms with Gasteiger partial charge in [0.25, 0.3) is 0 Å². The van der Waals surface area contributed by atoms with Gasteiger partial charge in [0.05, 0.1) is 12.8 Å². The maximum atomic E-state index is 11.2. The number of Topliss-reactive ketones (excluding diaryl/α,β-unsaturated/α-hetero) is 2. The van der Waals surface area contributed by atoms with Gasteiger partial charge in [-0.15, -0.1) is 63.5 Å². The molecule has 4 aromatic rings. The monoisotopic (exact) mass is 730 g/mol. The van der Waals surface area contributed by atoms with E-state index in [1.165, 1.54) is 36.5 Å². The Balaban J connectivity index is 0.000000188. The van der Waals surface area contributed by atoms with E-state index in [-0.39, 0.29) is 23.4 Å². The highest BCUT2D eigenvalue weighted by Gasteiger charge is 2.30. The fourth-order valence-corrected chi connectivity index (χ4v) is 9.91. The van der Waals surface area contributed by atoms with E-state index in [1.807, 2.05) is 0 Å². The summed E-state index contributed by atoms with van der Waals surface area (Å²) in [6, 6.07) is 0. The molecule has 0 spiro atoms. The first-order valence-electron chi connectivity index (χ1n) is 15.9. The minimum absolute atomic E-state index is 0.110. The Hall–Kier alpha value is -3.48. The number of nitrogens with zero attached hydrogens (tertiary/aromatic N) is 8. The molecule has 14 nitrogen and oxygen atoms in total. The van der Waals surface area contributed by atoms with Crippen LogP contribution in [0.1, 0.15) is 133 Å². The second kappa shape index (κ2) is 16.8. The largest absolute Gasteiger partial charge is 0.301 e. The van der Waals surface area contributed by atoms with Crippen molar-refractivity contribution >= 4 is 79.0 Å². The third-order valence-corrected chi connectivity index (χ3v) is 12.1. The minimum atomic E-state index is -0.133. The SMILES string of the molecule is CC(=O)Cc1nnc([C@@H]2CCC[C@@H](c3nnc(NC(C)=O)s3)C2)s1.CC(=O)Cc1nnc([C@H]2CCC[C@H](c3nnc(NC(C)=O)s3)C2)s1. The van der Waals surface area contributed by atoms with Crippen molar-refractivity contribution in [1.29, 1.82) is 0 Å². The van der Waals surface area contributed by atoms with Crippen LogP contribution in [-0.2, 0) is 32.0 Å². The van der Waals surface area contributed by atoms with Gasteiger partial charge in [0.15, 0.2) is 0 Å². The van der Waals surface area contributed by atoms with E-state index < -0.39 is 0 Å². The van der Waals surface area contributed by atoms with Crippen molar-refractivity contribution in [3.8, 4) is 0 Å². The number of ketones is 2. The number of hydrogen-bond acceptors (Lipinski definition) is 16. The van der Waals surface area contributed by atoms with Crippen LogP contribution in [-0.4, -0.2) is 64.2 Å². The van der Waals surface area contributed by atoms with Gasteiger partial charge in [-0.25, -0.2) is 0 Å². The Morgan fingerprint density at radius 2 is 0.854 bits per heavy atom. The fourth-order valence-electron chi connectivity index (χ4n) is 5.91. The number of amides is 2. The molecule has 2 fully saturated rings. The van der Waals surface area contributed by atoms with E-state index in [0.29, 0.717) is 46.8 Å². The van der Waals surface area contributed by atoms with Crippen molar-refractivity contribution in [3.05, 3.63) is 30.0 Å². The normalized spacial score (nSPS) is 20.8. The van der Waals surface area contributed by atoms with Crippen molar-refractivity contribution in [2.45, 2.75) is 116 Å². The molecule has 0 saturated heterocycles. The summed E-state index contributed by atoms with van der Waals surface area (Å²) in [6.45, 7) is 6.07. The first-order chi connectivity index (χ1) is 23.0. The molecule has 6 rings (SSSR count). The standard InChI is InChI=1S/2C15H19N5O2S2/c2*1-8(21)6-12-17-18-13(23-12)10-4-3-5-11(7-10)14-19-20-15(24-14)16-9(2)22/h2*10-11H,3-7H2,1-2H3,(H,16,20,22)/t2*10-,11-/m10/s1. The molecule has 4 heterocycles. The quantitative estimate of drug-likeness (QED) is 0.198. The van der Waals surface area contributed by atoms with Crippen LogP contribution >= 0.6 is 45.3 Å². The molecule has 0 aromatic carbocycles. The second-order valence-corrected chi connectivity index (χ2v) is 16.4. The van der Waals surface area contributed by atoms with Crippen LogP contribution in [0, 0.1) is 0 Å². The molecule has 0 unspecified atom stereocenters. The summed E-state index contributed by atoms with van der Waals surface area (Å²) in [7, 11) is 0. The van der Waals surface area contributed by atoms with E-state index in [2.05, 4.69) is 51.4 Å². The van der Waals surface area contributed by atoms with Gasteiger partial charge in [-0.3, -0.25) is 19.2 Å². The van der Waals surface area contributed by atoms with E-state index in [4.69, 9.17) is 0 Å². The van der Waals surface area contributed by atoms with Crippen LogP contribution in [0.2, 0.25) is 0 Å². The minimum Gasteiger partial charge on any atom is -0.301 e. The molecule has 0 radical (unpaired) electrons. The maximum Gasteiger partial charge on any atom is 0.223 e. The lowest BCUT2D eigenvalue weighted by atomic mass is 9.82. The number of nitrogens with one attached hydrogen (secondary N) is 2. The Morgan fingerprint density at radius 1 is 0.521 bits per heavy atom. The predicted octanol–water partition coefficient (Wildman–Crippen LogP) is 5.84. The van der Waals surface area contributed by atoms with Crippen LogP contribution in [0.25, 0.3) is 0 Å². The van der Waals surface area contributed by atoms with Crippen molar-refractivity contribution in [2.75, 3.05) is 10.6 Å². The van der Waals surface area contributed by atoms with Crippen molar-refractivity contribution in [1.82, 2.24) is 40.8 Å². The van der Waals surface area contributed by atoms with E-state index in [9.17, 15) is 19.2 Å². The van der Waals surface area contributed by atoms with Gasteiger partial charge in [-0.05, 0) is 52.4 Å². The molecule has 2 saturated carbocycles. The smallest absolute Gasteiger partial charge is 0.223 e. The summed E-state index contributed by atoms with van der Waals surface area (Å²) in [5.74, 6) is 1.34. The molecule has 2 aliphatic carbocycles. The number of rotatable bonds is 10. The van der Waals surface area contributed by atoms with Crippen LogP contribution in [0.5, 0.6) is 0 Å². The number of hydrogen-bond donors (Lipinski definition) is 2. The van der Waals surface area contributed by atoms with E-state index >= 15 is 0 Å². The summed E-state index contributed by atoms with van der Waals surface area (Å²) >= 11 is 5.99. The molecule has 2 N–H and O–H groups in total. The third kappa shape index (κ3) is 10.3. The number of carbonyl (C=O) groups excluding carboxylic acids is 4. The molecule has 256 valence electrons. The molecule has 18 heteroatoms. The van der Waals surface area contributed by atoms with E-state index in [1.54, 1.807) is 36.5 Å². The molecule has 2 amide bonds. The zero-order valence-electron chi connectivity index (χ0n) is 27.2. The van der Waals surface area contributed by atoms with Crippen LogP contribution in [0.4, 0.5) is 10.3 Å². The van der Waals surface area contributed by atoms with E-state index in [0.717, 1.165) is 81.4 Å². The average molecular weight is 731 g/mol. The van der Waals surface area contributed by atoms with Crippen LogP contribution in [0.15, 0.2) is 0 Å². The Morgan fingerprint density at radius 3 is 1.19 bits per heavy atom. The van der Waals surface area contributed by atoms with Gasteiger partial charge in [-0.1, -0.05) is 35.5 Å². The molecule has 48 heavy (non-hydrogen) atoms. The van der Waals surface area contributed by atoms with Crippen LogP contribution < -0.4 is 10.6 Å². The lowest BCUT2D eigenvalue weighted by Gasteiger charge is -2.25.